The van der Waals surface area contributed by atoms with Crippen LogP contribution in [0.4, 0.5) is 5.69 Å². The summed E-state index contributed by atoms with van der Waals surface area (Å²) in [4.78, 5) is 0. The van der Waals surface area contributed by atoms with Gasteiger partial charge >= 0.3 is 0 Å². The number of rotatable bonds is 3. The van der Waals surface area contributed by atoms with Crippen molar-refractivity contribution in [3.8, 4) is 0 Å². The highest BCUT2D eigenvalue weighted by atomic mass is 79.9. The number of anilines is 1. The minimum absolute atomic E-state index is 0.517. The Labute approximate surface area is 120 Å². The number of aliphatic hydroxyl groups is 1. The molecule has 0 fully saturated rings. The standard InChI is InChI=1S/C14H13BrClNO/c15-13-8-11(17)4-5-12(13)14(18)7-9-2-1-3-10(16)6-9/h1-6,8,14,18H,7,17H2. The second-order valence-corrected chi connectivity index (χ2v) is 5.42. The molecule has 2 aromatic rings. The summed E-state index contributed by atoms with van der Waals surface area (Å²) in [6.07, 6.45) is -0.0678. The molecule has 0 spiro atoms. The lowest BCUT2D eigenvalue weighted by atomic mass is 10.0. The van der Waals surface area contributed by atoms with Crippen LogP contribution in [0.15, 0.2) is 46.9 Å². The van der Waals surface area contributed by atoms with Crippen molar-refractivity contribution in [3.05, 3.63) is 63.1 Å². The van der Waals surface area contributed by atoms with Crippen LogP contribution in [0.3, 0.4) is 0 Å². The van der Waals surface area contributed by atoms with Crippen molar-refractivity contribution in [1.29, 1.82) is 0 Å². The number of hydrogen-bond donors (Lipinski definition) is 2. The largest absolute Gasteiger partial charge is 0.399 e. The van der Waals surface area contributed by atoms with Gasteiger partial charge < -0.3 is 10.8 Å². The van der Waals surface area contributed by atoms with E-state index in [0.29, 0.717) is 17.1 Å². The van der Waals surface area contributed by atoms with Crippen LogP contribution in [0.5, 0.6) is 0 Å². The lowest BCUT2D eigenvalue weighted by Crippen LogP contribution is -2.03. The summed E-state index contributed by atoms with van der Waals surface area (Å²) in [5, 5.41) is 10.9. The number of nitrogen functional groups attached to an aromatic ring is 1. The molecule has 0 radical (unpaired) electrons. The van der Waals surface area contributed by atoms with Gasteiger partial charge in [0.1, 0.15) is 0 Å². The topological polar surface area (TPSA) is 46.2 Å². The lowest BCUT2D eigenvalue weighted by Gasteiger charge is -2.13. The Balaban J connectivity index is 2.19. The first-order chi connectivity index (χ1) is 8.56. The Morgan fingerprint density at radius 2 is 2.00 bits per heavy atom. The Bertz CT molecular complexity index is 559. The minimum atomic E-state index is -0.585. The summed E-state index contributed by atoms with van der Waals surface area (Å²) in [5.74, 6) is 0. The van der Waals surface area contributed by atoms with Crippen LogP contribution in [-0.4, -0.2) is 5.11 Å². The van der Waals surface area contributed by atoms with Crippen LogP contribution >= 0.6 is 27.5 Å². The molecule has 1 unspecified atom stereocenters. The molecule has 0 amide bonds. The van der Waals surface area contributed by atoms with E-state index in [1.165, 1.54) is 0 Å². The van der Waals surface area contributed by atoms with Crippen molar-refractivity contribution < 1.29 is 5.11 Å². The first-order valence-corrected chi connectivity index (χ1v) is 6.71. The molecule has 2 aromatic carbocycles. The lowest BCUT2D eigenvalue weighted by molar-refractivity contribution is 0.177. The van der Waals surface area contributed by atoms with Crippen molar-refractivity contribution in [2.75, 3.05) is 5.73 Å². The molecule has 0 bridgehead atoms. The number of nitrogens with two attached hydrogens (primary N) is 1. The maximum absolute atomic E-state index is 10.2. The molecule has 3 N–H and O–H groups in total. The van der Waals surface area contributed by atoms with E-state index in [2.05, 4.69) is 15.9 Å². The first-order valence-electron chi connectivity index (χ1n) is 5.53. The molecule has 0 aliphatic heterocycles. The average molecular weight is 327 g/mol. The van der Waals surface area contributed by atoms with Gasteiger partial charge in [-0.25, -0.2) is 0 Å². The molecule has 94 valence electrons. The molecule has 2 rings (SSSR count). The van der Waals surface area contributed by atoms with E-state index < -0.39 is 6.10 Å². The van der Waals surface area contributed by atoms with Gasteiger partial charge in [-0.15, -0.1) is 0 Å². The van der Waals surface area contributed by atoms with E-state index in [-0.39, 0.29) is 0 Å². The SMILES string of the molecule is Nc1ccc(C(O)Cc2cccc(Cl)c2)c(Br)c1. The maximum Gasteiger partial charge on any atom is 0.0841 e. The van der Waals surface area contributed by atoms with Crippen molar-refractivity contribution in [1.82, 2.24) is 0 Å². The highest BCUT2D eigenvalue weighted by molar-refractivity contribution is 9.10. The summed E-state index contributed by atoms with van der Waals surface area (Å²) in [6.45, 7) is 0. The van der Waals surface area contributed by atoms with E-state index in [4.69, 9.17) is 17.3 Å². The van der Waals surface area contributed by atoms with Crippen molar-refractivity contribution in [2.45, 2.75) is 12.5 Å². The van der Waals surface area contributed by atoms with Gasteiger partial charge in [-0.2, -0.15) is 0 Å². The van der Waals surface area contributed by atoms with Gasteiger partial charge in [0.15, 0.2) is 0 Å². The Hall–Kier alpha value is -1.03. The predicted octanol–water partition coefficient (Wildman–Crippen LogP) is 3.96. The highest BCUT2D eigenvalue weighted by Crippen LogP contribution is 2.28. The molecule has 0 heterocycles. The molecule has 0 saturated carbocycles. The molecule has 4 heteroatoms. The van der Waals surface area contributed by atoms with E-state index in [1.807, 2.05) is 30.3 Å². The van der Waals surface area contributed by atoms with E-state index in [0.717, 1.165) is 15.6 Å². The van der Waals surface area contributed by atoms with Gasteiger partial charge in [-0.3, -0.25) is 0 Å². The Morgan fingerprint density at radius 1 is 1.22 bits per heavy atom. The van der Waals surface area contributed by atoms with Crippen LogP contribution < -0.4 is 5.73 Å². The number of aliphatic hydroxyl groups excluding tert-OH is 1. The van der Waals surface area contributed by atoms with Gasteiger partial charge in [0.25, 0.3) is 0 Å². The van der Waals surface area contributed by atoms with Gasteiger partial charge in [0.05, 0.1) is 6.10 Å². The second-order valence-electron chi connectivity index (χ2n) is 4.13. The highest BCUT2D eigenvalue weighted by Gasteiger charge is 2.12. The number of halogens is 2. The predicted molar refractivity (Wildman–Crippen MR) is 78.7 cm³/mol. The molecule has 0 aromatic heterocycles. The molecular formula is C14H13BrClNO. The monoisotopic (exact) mass is 325 g/mol. The fourth-order valence-corrected chi connectivity index (χ4v) is 2.68. The smallest absolute Gasteiger partial charge is 0.0841 e. The zero-order valence-corrected chi connectivity index (χ0v) is 11.9. The quantitative estimate of drug-likeness (QED) is 0.839. The van der Waals surface area contributed by atoms with Gasteiger partial charge in [0.2, 0.25) is 0 Å². The molecule has 0 saturated heterocycles. The average Bonchev–Trinajstić information content (AvgIpc) is 2.28. The molecule has 1 atom stereocenters. The van der Waals surface area contributed by atoms with Crippen LogP contribution in [0.1, 0.15) is 17.2 Å². The zero-order chi connectivity index (χ0) is 13.1. The normalized spacial score (nSPS) is 12.4. The van der Waals surface area contributed by atoms with Crippen molar-refractivity contribution in [2.24, 2.45) is 0 Å². The van der Waals surface area contributed by atoms with Gasteiger partial charge in [-0.05, 0) is 35.4 Å². The van der Waals surface area contributed by atoms with E-state index >= 15 is 0 Å². The minimum Gasteiger partial charge on any atom is -0.399 e. The van der Waals surface area contributed by atoms with Crippen LogP contribution in [0, 0.1) is 0 Å². The van der Waals surface area contributed by atoms with Gasteiger partial charge in [0, 0.05) is 21.6 Å². The van der Waals surface area contributed by atoms with E-state index in [1.54, 1.807) is 12.1 Å². The third-order valence-corrected chi connectivity index (χ3v) is 3.62. The third-order valence-electron chi connectivity index (χ3n) is 2.70. The van der Waals surface area contributed by atoms with Crippen LogP contribution in [0.25, 0.3) is 0 Å². The molecule has 2 nitrogen and oxygen atoms in total. The molecule has 0 aliphatic carbocycles. The third kappa shape index (κ3) is 3.25. The van der Waals surface area contributed by atoms with Crippen LogP contribution in [0.2, 0.25) is 5.02 Å². The zero-order valence-electron chi connectivity index (χ0n) is 9.61. The molecular weight excluding hydrogens is 314 g/mol. The first kappa shape index (κ1) is 13.4. The fraction of sp³-hybridized carbons (Fsp3) is 0.143. The summed E-state index contributed by atoms with van der Waals surface area (Å²) in [5.41, 5.74) is 8.16. The molecule has 18 heavy (non-hydrogen) atoms. The number of benzene rings is 2. The summed E-state index contributed by atoms with van der Waals surface area (Å²) >= 11 is 9.33. The number of hydrogen-bond acceptors (Lipinski definition) is 2. The summed E-state index contributed by atoms with van der Waals surface area (Å²) in [6, 6.07) is 12.9. The van der Waals surface area contributed by atoms with Gasteiger partial charge in [-0.1, -0.05) is 45.7 Å². The van der Waals surface area contributed by atoms with Crippen LogP contribution in [-0.2, 0) is 6.42 Å². The van der Waals surface area contributed by atoms with Crippen molar-refractivity contribution in [3.63, 3.8) is 0 Å². The summed E-state index contributed by atoms with van der Waals surface area (Å²) in [7, 11) is 0. The maximum atomic E-state index is 10.2. The fourth-order valence-electron chi connectivity index (χ4n) is 1.81. The summed E-state index contributed by atoms with van der Waals surface area (Å²) < 4.78 is 0.817. The second kappa shape index (κ2) is 5.74. The van der Waals surface area contributed by atoms with E-state index in [9.17, 15) is 5.11 Å². The van der Waals surface area contributed by atoms with Crippen molar-refractivity contribution >= 4 is 33.2 Å². The molecule has 0 aliphatic rings. The Morgan fingerprint density at radius 3 is 2.67 bits per heavy atom. The Kier molecular flexibility index (Phi) is 4.27.